The van der Waals surface area contributed by atoms with Gasteiger partial charge >= 0.3 is 12.1 Å². The normalized spacial score (nSPS) is 14.2. The molecule has 10 heteroatoms. The van der Waals surface area contributed by atoms with Crippen molar-refractivity contribution in [3.05, 3.63) is 40.3 Å². The Balaban J connectivity index is 1.80. The van der Waals surface area contributed by atoms with Crippen molar-refractivity contribution in [3.8, 4) is 0 Å². The molecule has 0 radical (unpaired) electrons. The number of nitrogens with two attached hydrogens (primary N) is 1. The second-order valence-electron chi connectivity index (χ2n) is 8.90. The van der Waals surface area contributed by atoms with Crippen LogP contribution < -0.4 is 11.1 Å². The van der Waals surface area contributed by atoms with Crippen molar-refractivity contribution in [3.63, 3.8) is 0 Å². The highest BCUT2D eigenvalue weighted by Gasteiger charge is 2.33. The zero-order chi connectivity index (χ0) is 25.0. The molecule has 0 bridgehead atoms. The van der Waals surface area contributed by atoms with Crippen molar-refractivity contribution >= 4 is 51.8 Å². The molecule has 0 spiro atoms. The van der Waals surface area contributed by atoms with Gasteiger partial charge in [0.25, 0.3) is 0 Å². The fraction of sp³-hybridized carbons (Fsp3) is 0.458. The van der Waals surface area contributed by atoms with Crippen molar-refractivity contribution in [1.82, 2.24) is 4.90 Å². The van der Waals surface area contributed by atoms with Crippen LogP contribution in [0.25, 0.3) is 0 Å². The van der Waals surface area contributed by atoms with Gasteiger partial charge in [-0.2, -0.15) is 0 Å². The minimum absolute atomic E-state index is 0.226. The number of hydrogen-bond donors (Lipinski definition) is 2. The van der Waals surface area contributed by atoms with Crippen molar-refractivity contribution in [2.75, 3.05) is 24.2 Å². The van der Waals surface area contributed by atoms with E-state index in [1.165, 1.54) is 23.1 Å². The molecule has 3 N–H and O–H groups in total. The Kier molecular flexibility index (Phi) is 8.14. The molecule has 0 fully saturated rings. The zero-order valence-electron chi connectivity index (χ0n) is 20.1. The summed E-state index contributed by atoms with van der Waals surface area (Å²) in [5.41, 5.74) is 6.99. The summed E-state index contributed by atoms with van der Waals surface area (Å²) < 4.78 is 10.8. The Morgan fingerprint density at radius 3 is 2.53 bits per heavy atom. The minimum Gasteiger partial charge on any atom is -0.462 e. The molecular formula is C24H31N3O5S2. The first kappa shape index (κ1) is 25.9. The van der Waals surface area contributed by atoms with Gasteiger partial charge in [-0.15, -0.1) is 23.1 Å². The number of ether oxygens (including phenoxy) is 2. The van der Waals surface area contributed by atoms with Crippen LogP contribution in [-0.2, 0) is 27.2 Å². The number of esters is 1. The number of rotatable bonds is 6. The number of benzene rings is 1. The average molecular weight is 506 g/mol. The van der Waals surface area contributed by atoms with Crippen molar-refractivity contribution in [2.45, 2.75) is 63.3 Å². The molecule has 0 aliphatic carbocycles. The fourth-order valence-electron chi connectivity index (χ4n) is 3.41. The van der Waals surface area contributed by atoms with Gasteiger partial charge in [0.2, 0.25) is 5.91 Å². The van der Waals surface area contributed by atoms with Gasteiger partial charge < -0.3 is 25.4 Å². The van der Waals surface area contributed by atoms with Crippen molar-refractivity contribution < 1.29 is 23.9 Å². The molecule has 0 saturated carbocycles. The molecule has 1 unspecified atom stereocenters. The third-order valence-corrected chi connectivity index (χ3v) is 7.23. The molecule has 3 rings (SSSR count). The number of nitrogens with one attached hydrogen (secondary N) is 1. The molecular weight excluding hydrogens is 474 g/mol. The Labute approximate surface area is 208 Å². The number of carbonyl (C=O) groups is 3. The van der Waals surface area contributed by atoms with Gasteiger partial charge in [-0.1, -0.05) is 0 Å². The molecule has 8 nitrogen and oxygen atoms in total. The number of carbonyl (C=O) groups excluding carboxylic acids is 3. The molecule has 1 aliphatic heterocycles. The highest BCUT2D eigenvalue weighted by molar-refractivity contribution is 8.00. The summed E-state index contributed by atoms with van der Waals surface area (Å²) in [5, 5.41) is 2.96. The number of anilines is 2. The molecule has 1 aromatic heterocycles. The van der Waals surface area contributed by atoms with E-state index < -0.39 is 22.9 Å². The van der Waals surface area contributed by atoms with Crippen LogP contribution in [0.1, 0.15) is 55.4 Å². The van der Waals surface area contributed by atoms with Crippen LogP contribution in [0.3, 0.4) is 0 Å². The highest BCUT2D eigenvalue weighted by atomic mass is 32.2. The van der Waals surface area contributed by atoms with E-state index in [1.54, 1.807) is 30.9 Å². The quantitative estimate of drug-likeness (QED) is 0.326. The summed E-state index contributed by atoms with van der Waals surface area (Å²) >= 11 is 2.70. The standard InChI is InChI=1S/C24H31N3O5S2/c1-6-31-22(29)19-17-11-12-27(23(30)32-24(3,4)5)13-18(17)34-21(19)26-20(28)14(2)33-16-9-7-15(25)8-10-16/h7-10,14H,6,11-13,25H2,1-5H3,(H,26,28). The van der Waals surface area contributed by atoms with Crippen LogP contribution in [0, 0.1) is 0 Å². The third-order valence-electron chi connectivity index (χ3n) is 4.99. The first-order chi connectivity index (χ1) is 16.0. The number of nitrogens with zero attached hydrogens (tertiary/aromatic N) is 1. The Bertz CT molecular complexity index is 1060. The van der Waals surface area contributed by atoms with Crippen molar-refractivity contribution in [2.24, 2.45) is 0 Å². The summed E-state index contributed by atoms with van der Waals surface area (Å²) in [4.78, 5) is 41.7. The maximum atomic E-state index is 13.0. The number of amides is 2. The van der Waals surface area contributed by atoms with E-state index in [1.807, 2.05) is 32.9 Å². The van der Waals surface area contributed by atoms with Gasteiger partial charge in [-0.25, -0.2) is 9.59 Å². The van der Waals surface area contributed by atoms with Crippen molar-refractivity contribution in [1.29, 1.82) is 0 Å². The lowest BCUT2D eigenvalue weighted by atomic mass is 10.0. The first-order valence-electron chi connectivity index (χ1n) is 11.1. The summed E-state index contributed by atoms with van der Waals surface area (Å²) in [6.07, 6.45) is 0.0773. The SMILES string of the molecule is CCOC(=O)c1c(NC(=O)C(C)Sc2ccc(N)cc2)sc2c1CCN(C(=O)OC(C)(C)C)C2. The van der Waals surface area contributed by atoms with E-state index >= 15 is 0 Å². The monoisotopic (exact) mass is 505 g/mol. The summed E-state index contributed by atoms with van der Waals surface area (Å²) in [5.74, 6) is -0.699. The lowest BCUT2D eigenvalue weighted by molar-refractivity contribution is -0.115. The van der Waals surface area contributed by atoms with Gasteiger partial charge in [-0.3, -0.25) is 4.79 Å². The molecule has 34 heavy (non-hydrogen) atoms. The third kappa shape index (κ3) is 6.44. The van der Waals surface area contributed by atoms with Gasteiger partial charge in [-0.05, 0) is 70.9 Å². The first-order valence-corrected chi connectivity index (χ1v) is 12.8. The second kappa shape index (κ2) is 10.7. The Morgan fingerprint density at radius 1 is 1.24 bits per heavy atom. The van der Waals surface area contributed by atoms with Gasteiger partial charge in [0.15, 0.2) is 0 Å². The number of thiophene rings is 1. The Morgan fingerprint density at radius 2 is 1.91 bits per heavy atom. The largest absolute Gasteiger partial charge is 0.462 e. The Hall–Kier alpha value is -2.72. The molecule has 2 amide bonds. The molecule has 1 atom stereocenters. The van der Waals surface area contributed by atoms with E-state index in [-0.39, 0.29) is 12.5 Å². The smallest absolute Gasteiger partial charge is 0.410 e. The molecule has 0 saturated heterocycles. The van der Waals surface area contributed by atoms with Crippen LogP contribution in [0.4, 0.5) is 15.5 Å². The maximum Gasteiger partial charge on any atom is 0.410 e. The van der Waals surface area contributed by atoms with E-state index in [0.717, 1.165) is 15.3 Å². The average Bonchev–Trinajstić information content (AvgIpc) is 3.11. The topological polar surface area (TPSA) is 111 Å². The van der Waals surface area contributed by atoms with E-state index in [9.17, 15) is 14.4 Å². The lowest BCUT2D eigenvalue weighted by Gasteiger charge is -2.30. The molecule has 2 heterocycles. The van der Waals surface area contributed by atoms with Crippen LogP contribution in [0.5, 0.6) is 0 Å². The summed E-state index contributed by atoms with van der Waals surface area (Å²) in [6, 6.07) is 7.30. The zero-order valence-corrected chi connectivity index (χ0v) is 21.7. The lowest BCUT2D eigenvalue weighted by Crippen LogP contribution is -2.39. The number of hydrogen-bond acceptors (Lipinski definition) is 8. The van der Waals surface area contributed by atoms with E-state index in [2.05, 4.69) is 5.32 Å². The summed E-state index contributed by atoms with van der Waals surface area (Å²) in [7, 11) is 0. The molecule has 1 aliphatic rings. The van der Waals surface area contributed by atoms with Crippen LogP contribution in [0.15, 0.2) is 29.2 Å². The molecule has 2 aromatic rings. The van der Waals surface area contributed by atoms with E-state index in [4.69, 9.17) is 15.2 Å². The maximum absolute atomic E-state index is 13.0. The fourth-order valence-corrected chi connectivity index (χ4v) is 5.53. The number of nitrogen functional groups attached to an aromatic ring is 1. The van der Waals surface area contributed by atoms with Crippen LogP contribution in [-0.4, -0.2) is 46.9 Å². The summed E-state index contributed by atoms with van der Waals surface area (Å²) in [6.45, 7) is 9.96. The van der Waals surface area contributed by atoms with Gasteiger partial charge in [0.05, 0.1) is 24.0 Å². The highest BCUT2D eigenvalue weighted by Crippen LogP contribution is 2.38. The van der Waals surface area contributed by atoms with Gasteiger partial charge in [0, 0.05) is 22.0 Å². The molecule has 1 aromatic carbocycles. The van der Waals surface area contributed by atoms with Crippen LogP contribution in [0.2, 0.25) is 0 Å². The molecule has 184 valence electrons. The van der Waals surface area contributed by atoms with Gasteiger partial charge in [0.1, 0.15) is 10.6 Å². The van der Waals surface area contributed by atoms with Crippen LogP contribution >= 0.6 is 23.1 Å². The second-order valence-corrected chi connectivity index (χ2v) is 11.4. The minimum atomic E-state index is -0.597. The predicted octanol–water partition coefficient (Wildman–Crippen LogP) is 4.92. The number of fused-ring (bicyclic) bond motifs is 1. The number of thioether (sulfide) groups is 1. The predicted molar refractivity (Wildman–Crippen MR) is 135 cm³/mol. The van der Waals surface area contributed by atoms with E-state index in [0.29, 0.717) is 35.8 Å².